The van der Waals surface area contributed by atoms with Crippen LogP contribution in [0.15, 0.2) is 30.3 Å². The molecule has 0 aromatic heterocycles. The van der Waals surface area contributed by atoms with E-state index in [1.165, 1.54) is 0 Å². The summed E-state index contributed by atoms with van der Waals surface area (Å²) in [5, 5.41) is 12.1. The fraction of sp³-hybridized carbons (Fsp3) is 0.467. The number of nitrogens with two attached hydrogens (primary N) is 1. The Hall–Kier alpha value is -1.46. The normalized spacial score (nSPS) is 13.8. The lowest BCUT2D eigenvalue weighted by molar-refractivity contribution is -0.139. The van der Waals surface area contributed by atoms with Crippen molar-refractivity contribution in [1.29, 1.82) is 0 Å². The molecule has 110 valence electrons. The average molecular weight is 294 g/mol. The third-order valence-corrected chi connectivity index (χ3v) is 3.38. The topological polar surface area (TPSA) is 75.3 Å². The Labute approximate surface area is 125 Å². The first-order valence-electron chi connectivity index (χ1n) is 6.72. The second-order valence-electron chi connectivity index (χ2n) is 5.33. The summed E-state index contributed by atoms with van der Waals surface area (Å²) in [6, 6.07) is 8.73. The van der Waals surface area contributed by atoms with Gasteiger partial charge in [-0.15, -0.1) is 0 Å². The summed E-state index contributed by atoms with van der Waals surface area (Å²) < 4.78 is 0. The van der Waals surface area contributed by atoms with Crippen LogP contribution in [0.3, 0.4) is 0 Å². The van der Waals surface area contributed by atoms with Gasteiger partial charge in [-0.1, -0.05) is 56.4 Å². The van der Waals surface area contributed by atoms with E-state index < -0.39 is 12.0 Å². The standard InChI is InChI=1S/C15H22N2O2S/c1-10(2)8-13(15(18)19)17-14(20)12(16)9-11-6-4-3-5-7-11/h3-7,10,12-13H,8-9,16H2,1-2H3,(H,17,20)(H,18,19)/t12-,13-/m0/s1. The average Bonchev–Trinajstić information content (AvgIpc) is 2.38. The Morgan fingerprint density at radius 2 is 1.95 bits per heavy atom. The van der Waals surface area contributed by atoms with Crippen LogP contribution in [-0.4, -0.2) is 28.1 Å². The predicted molar refractivity (Wildman–Crippen MR) is 84.7 cm³/mol. The molecule has 2 atom stereocenters. The van der Waals surface area contributed by atoms with Crippen LogP contribution in [-0.2, 0) is 11.2 Å². The van der Waals surface area contributed by atoms with Crippen LogP contribution >= 0.6 is 12.2 Å². The van der Waals surface area contributed by atoms with Gasteiger partial charge in [0.25, 0.3) is 0 Å². The number of nitrogens with one attached hydrogen (secondary N) is 1. The highest BCUT2D eigenvalue weighted by Crippen LogP contribution is 2.07. The van der Waals surface area contributed by atoms with Crippen molar-refractivity contribution < 1.29 is 9.90 Å². The molecule has 0 spiro atoms. The zero-order valence-electron chi connectivity index (χ0n) is 11.9. The molecule has 20 heavy (non-hydrogen) atoms. The fourth-order valence-electron chi connectivity index (χ4n) is 1.93. The lowest BCUT2D eigenvalue weighted by atomic mass is 10.0. The molecular formula is C15H22N2O2S. The summed E-state index contributed by atoms with van der Waals surface area (Å²) in [6.07, 6.45) is 1.12. The van der Waals surface area contributed by atoms with E-state index in [0.717, 1.165) is 5.56 Å². The maximum atomic E-state index is 11.2. The van der Waals surface area contributed by atoms with Crippen molar-refractivity contribution in [3.8, 4) is 0 Å². The first kappa shape index (κ1) is 16.6. The molecule has 5 heteroatoms. The summed E-state index contributed by atoms with van der Waals surface area (Å²) in [5.74, 6) is -0.621. The van der Waals surface area contributed by atoms with Gasteiger partial charge in [-0.25, -0.2) is 4.79 Å². The van der Waals surface area contributed by atoms with Gasteiger partial charge in [-0.2, -0.15) is 0 Å². The van der Waals surface area contributed by atoms with Crippen molar-refractivity contribution in [1.82, 2.24) is 5.32 Å². The molecule has 0 saturated carbocycles. The minimum atomic E-state index is -0.895. The Kier molecular flexibility index (Phi) is 6.61. The Balaban J connectivity index is 2.57. The van der Waals surface area contributed by atoms with Crippen LogP contribution in [0.2, 0.25) is 0 Å². The third-order valence-electron chi connectivity index (χ3n) is 2.96. The van der Waals surface area contributed by atoms with Gasteiger partial charge < -0.3 is 16.2 Å². The Bertz CT molecular complexity index is 448. The third kappa shape index (κ3) is 5.67. The maximum absolute atomic E-state index is 11.2. The Morgan fingerprint density at radius 3 is 2.45 bits per heavy atom. The number of carboxylic acid groups (broad SMARTS) is 1. The largest absolute Gasteiger partial charge is 0.480 e. The van der Waals surface area contributed by atoms with E-state index in [2.05, 4.69) is 5.32 Å². The number of hydrogen-bond donors (Lipinski definition) is 3. The van der Waals surface area contributed by atoms with Crippen molar-refractivity contribution in [3.63, 3.8) is 0 Å². The van der Waals surface area contributed by atoms with Crippen LogP contribution in [0.5, 0.6) is 0 Å². The molecule has 0 aliphatic heterocycles. The van der Waals surface area contributed by atoms with E-state index in [1.807, 2.05) is 44.2 Å². The van der Waals surface area contributed by atoms with Crippen molar-refractivity contribution >= 4 is 23.2 Å². The quantitative estimate of drug-likeness (QED) is 0.670. The van der Waals surface area contributed by atoms with E-state index in [0.29, 0.717) is 17.8 Å². The van der Waals surface area contributed by atoms with E-state index in [4.69, 9.17) is 18.0 Å². The smallest absolute Gasteiger partial charge is 0.326 e. The highest BCUT2D eigenvalue weighted by molar-refractivity contribution is 7.80. The number of carbonyl (C=O) groups is 1. The summed E-state index contributed by atoms with van der Waals surface area (Å²) in [4.78, 5) is 11.6. The predicted octanol–water partition coefficient (Wildman–Crippen LogP) is 1.97. The summed E-state index contributed by atoms with van der Waals surface area (Å²) >= 11 is 5.22. The van der Waals surface area contributed by atoms with Crippen molar-refractivity contribution in [2.24, 2.45) is 11.7 Å². The number of thiocarbonyl (C=S) groups is 1. The van der Waals surface area contributed by atoms with E-state index in [9.17, 15) is 9.90 Å². The van der Waals surface area contributed by atoms with Crippen LogP contribution in [0.4, 0.5) is 0 Å². The van der Waals surface area contributed by atoms with Crippen LogP contribution in [0, 0.1) is 5.92 Å². The van der Waals surface area contributed by atoms with Gasteiger partial charge in [0.2, 0.25) is 0 Å². The van der Waals surface area contributed by atoms with Gasteiger partial charge >= 0.3 is 5.97 Å². The van der Waals surface area contributed by atoms with E-state index >= 15 is 0 Å². The highest BCUT2D eigenvalue weighted by Gasteiger charge is 2.21. The van der Waals surface area contributed by atoms with Gasteiger partial charge in [0, 0.05) is 0 Å². The lowest BCUT2D eigenvalue weighted by Gasteiger charge is -2.21. The number of benzene rings is 1. The molecule has 0 amide bonds. The maximum Gasteiger partial charge on any atom is 0.326 e. The second-order valence-corrected chi connectivity index (χ2v) is 5.77. The zero-order valence-corrected chi connectivity index (χ0v) is 12.7. The number of rotatable bonds is 7. The SMILES string of the molecule is CC(C)C[C@H](NC(=S)[C@@H](N)Cc1ccccc1)C(=O)O. The first-order chi connectivity index (χ1) is 9.40. The van der Waals surface area contributed by atoms with Gasteiger partial charge in [-0.3, -0.25) is 0 Å². The van der Waals surface area contributed by atoms with E-state index in [1.54, 1.807) is 0 Å². The van der Waals surface area contributed by atoms with Gasteiger partial charge in [0.15, 0.2) is 0 Å². The molecule has 0 aliphatic carbocycles. The minimum absolute atomic E-state index is 0.275. The molecule has 4 nitrogen and oxygen atoms in total. The molecule has 1 rings (SSSR count). The molecule has 0 aliphatic rings. The minimum Gasteiger partial charge on any atom is -0.480 e. The van der Waals surface area contributed by atoms with Crippen LogP contribution in [0.25, 0.3) is 0 Å². The lowest BCUT2D eigenvalue weighted by Crippen LogP contribution is -2.48. The molecule has 0 radical (unpaired) electrons. The van der Waals surface area contributed by atoms with E-state index in [-0.39, 0.29) is 12.0 Å². The first-order valence-corrected chi connectivity index (χ1v) is 7.13. The molecule has 0 fully saturated rings. The zero-order chi connectivity index (χ0) is 15.1. The second kappa shape index (κ2) is 7.97. The molecule has 1 aromatic rings. The summed E-state index contributed by atoms with van der Waals surface area (Å²) in [6.45, 7) is 3.95. The summed E-state index contributed by atoms with van der Waals surface area (Å²) in [5.41, 5.74) is 7.12. The number of aliphatic carboxylic acids is 1. The Morgan fingerprint density at radius 1 is 1.35 bits per heavy atom. The van der Waals surface area contributed by atoms with Gasteiger partial charge in [0.1, 0.15) is 6.04 Å². The van der Waals surface area contributed by atoms with Crippen LogP contribution in [0.1, 0.15) is 25.8 Å². The van der Waals surface area contributed by atoms with Crippen molar-refractivity contribution in [2.45, 2.75) is 38.8 Å². The number of carboxylic acids is 1. The van der Waals surface area contributed by atoms with Crippen molar-refractivity contribution in [3.05, 3.63) is 35.9 Å². The monoisotopic (exact) mass is 294 g/mol. The fourth-order valence-corrected chi connectivity index (χ4v) is 2.16. The van der Waals surface area contributed by atoms with Gasteiger partial charge in [0.05, 0.1) is 11.0 Å². The molecule has 1 aromatic carbocycles. The molecule has 0 heterocycles. The molecule has 0 saturated heterocycles. The molecular weight excluding hydrogens is 272 g/mol. The summed E-state index contributed by atoms with van der Waals surface area (Å²) in [7, 11) is 0. The van der Waals surface area contributed by atoms with Crippen molar-refractivity contribution in [2.75, 3.05) is 0 Å². The van der Waals surface area contributed by atoms with Crippen LogP contribution < -0.4 is 11.1 Å². The number of hydrogen-bond acceptors (Lipinski definition) is 3. The molecule has 0 bridgehead atoms. The molecule has 0 unspecified atom stereocenters. The van der Waals surface area contributed by atoms with Gasteiger partial charge in [-0.05, 0) is 24.3 Å². The molecule has 4 N–H and O–H groups in total. The highest BCUT2D eigenvalue weighted by atomic mass is 32.1.